The molecular weight excluding hydrogens is 232 g/mol. The van der Waals surface area contributed by atoms with Crippen LogP contribution >= 0.6 is 22.7 Å². The molecule has 16 heavy (non-hydrogen) atoms. The summed E-state index contributed by atoms with van der Waals surface area (Å²) in [6.45, 7) is 2.09. The van der Waals surface area contributed by atoms with Crippen molar-refractivity contribution in [1.29, 1.82) is 0 Å². The first kappa shape index (κ1) is 9.86. The molecule has 2 aromatic rings. The third kappa shape index (κ3) is 1.72. The number of hydrogen-bond donors (Lipinski definition) is 0. The van der Waals surface area contributed by atoms with Crippen LogP contribution in [-0.2, 0) is 0 Å². The Bertz CT molecular complexity index is 690. The van der Waals surface area contributed by atoms with Gasteiger partial charge in [0.05, 0.1) is 0 Å². The molecule has 0 amide bonds. The van der Waals surface area contributed by atoms with Crippen molar-refractivity contribution in [2.24, 2.45) is 0 Å². The zero-order chi connectivity index (χ0) is 11.0. The fourth-order valence-corrected chi connectivity index (χ4v) is 3.59. The highest BCUT2D eigenvalue weighted by Crippen LogP contribution is 2.25. The fourth-order valence-electron chi connectivity index (χ4n) is 1.73. The average molecular weight is 242 g/mol. The summed E-state index contributed by atoms with van der Waals surface area (Å²) in [7, 11) is 0. The topological polar surface area (TPSA) is 0 Å². The zero-order valence-electron chi connectivity index (χ0n) is 8.86. The molecular formula is C14H10S2. The number of thiophene rings is 2. The minimum Gasteiger partial charge on any atom is -0.143 e. The molecule has 0 spiro atoms. The van der Waals surface area contributed by atoms with E-state index in [2.05, 4.69) is 48.4 Å². The van der Waals surface area contributed by atoms with Crippen molar-refractivity contribution >= 4 is 34.8 Å². The monoisotopic (exact) mass is 242 g/mol. The molecule has 0 aromatic carbocycles. The van der Waals surface area contributed by atoms with E-state index in [1.54, 1.807) is 11.3 Å². The van der Waals surface area contributed by atoms with E-state index in [0.717, 1.165) is 0 Å². The predicted molar refractivity (Wildman–Crippen MR) is 73.1 cm³/mol. The van der Waals surface area contributed by atoms with Crippen molar-refractivity contribution in [3.8, 4) is 9.75 Å². The molecule has 3 rings (SSSR count). The largest absolute Gasteiger partial charge is 0.143 e. The van der Waals surface area contributed by atoms with E-state index < -0.39 is 0 Å². The maximum Gasteiger partial charge on any atom is 0.0455 e. The second-order valence-electron chi connectivity index (χ2n) is 3.71. The van der Waals surface area contributed by atoms with E-state index in [4.69, 9.17) is 0 Å². The van der Waals surface area contributed by atoms with Gasteiger partial charge in [0, 0.05) is 14.3 Å². The smallest absolute Gasteiger partial charge is 0.0455 e. The lowest BCUT2D eigenvalue weighted by Gasteiger charge is -1.86. The second kappa shape index (κ2) is 3.91. The van der Waals surface area contributed by atoms with E-state index >= 15 is 0 Å². The van der Waals surface area contributed by atoms with Gasteiger partial charge in [0.25, 0.3) is 0 Å². The Labute approximate surface area is 102 Å². The Balaban J connectivity index is 2.24. The highest BCUT2D eigenvalue weighted by atomic mass is 32.1. The van der Waals surface area contributed by atoms with Gasteiger partial charge in [-0.1, -0.05) is 6.07 Å². The molecule has 0 saturated carbocycles. The van der Waals surface area contributed by atoms with E-state index in [1.165, 1.54) is 25.1 Å². The fraction of sp³-hybridized carbons (Fsp3) is 0.0714. The van der Waals surface area contributed by atoms with Gasteiger partial charge < -0.3 is 0 Å². The quantitative estimate of drug-likeness (QED) is 0.674. The molecule has 0 aliphatic heterocycles. The van der Waals surface area contributed by atoms with E-state index in [9.17, 15) is 0 Å². The molecule has 0 radical (unpaired) electrons. The Morgan fingerprint density at radius 1 is 1.25 bits per heavy atom. The van der Waals surface area contributed by atoms with Gasteiger partial charge in [-0.25, -0.2) is 0 Å². The molecule has 0 N–H and O–H groups in total. The van der Waals surface area contributed by atoms with Gasteiger partial charge in [-0.3, -0.25) is 0 Å². The van der Waals surface area contributed by atoms with Crippen LogP contribution < -0.4 is 9.75 Å². The molecule has 1 aliphatic rings. The van der Waals surface area contributed by atoms with Crippen molar-refractivity contribution in [3.63, 3.8) is 0 Å². The Hall–Kier alpha value is -1.34. The van der Waals surface area contributed by atoms with Gasteiger partial charge in [0.1, 0.15) is 0 Å². The summed E-state index contributed by atoms with van der Waals surface area (Å²) in [5.74, 6) is 0. The minimum atomic E-state index is 1.19. The van der Waals surface area contributed by atoms with E-state index in [0.29, 0.717) is 0 Å². The standard InChI is InChI=1S/C14H10S2/c1-10-4-2-5-12-11(8-10)9-14(16-12)13-6-3-7-15-13/h2-3,5-9H,1H3. The van der Waals surface area contributed by atoms with Gasteiger partial charge in [0.2, 0.25) is 0 Å². The Morgan fingerprint density at radius 2 is 2.19 bits per heavy atom. The molecule has 0 unspecified atom stereocenters. The molecule has 2 aromatic heterocycles. The van der Waals surface area contributed by atoms with Crippen LogP contribution in [-0.4, -0.2) is 0 Å². The predicted octanol–water partition coefficient (Wildman–Crippen LogP) is 3.15. The van der Waals surface area contributed by atoms with Crippen LogP contribution in [0.1, 0.15) is 6.92 Å². The number of rotatable bonds is 1. The molecule has 1 aliphatic carbocycles. The van der Waals surface area contributed by atoms with Crippen LogP contribution in [0, 0.1) is 0 Å². The first-order chi connectivity index (χ1) is 7.83. The van der Waals surface area contributed by atoms with Gasteiger partial charge in [-0.2, -0.15) is 0 Å². The maximum absolute atomic E-state index is 3.22. The second-order valence-corrected chi connectivity index (χ2v) is 5.74. The van der Waals surface area contributed by atoms with Crippen LogP contribution in [0.5, 0.6) is 0 Å². The lowest BCUT2D eigenvalue weighted by atomic mass is 10.2. The summed E-state index contributed by atoms with van der Waals surface area (Å²) >= 11 is 3.64. The van der Waals surface area contributed by atoms with Gasteiger partial charge in [-0.05, 0) is 53.5 Å². The van der Waals surface area contributed by atoms with Crippen LogP contribution in [0.15, 0.2) is 41.0 Å². The summed E-state index contributed by atoms with van der Waals surface area (Å²) in [6, 6.07) is 6.55. The van der Waals surface area contributed by atoms with Crippen molar-refractivity contribution in [2.45, 2.75) is 6.92 Å². The van der Waals surface area contributed by atoms with Crippen LogP contribution in [0.25, 0.3) is 21.9 Å². The van der Waals surface area contributed by atoms with Crippen LogP contribution in [0.4, 0.5) is 0 Å². The summed E-state index contributed by atoms with van der Waals surface area (Å²) in [6.07, 6.45) is 6.35. The zero-order valence-corrected chi connectivity index (χ0v) is 10.5. The van der Waals surface area contributed by atoms with Crippen LogP contribution in [0.2, 0.25) is 0 Å². The SMILES string of the molecule is CC1=C=CC=c2sc(-c3cccs3)cc2=C1. The molecule has 2 heterocycles. The lowest BCUT2D eigenvalue weighted by Crippen LogP contribution is -2.16. The molecule has 0 saturated heterocycles. The molecule has 78 valence electrons. The van der Waals surface area contributed by atoms with E-state index in [1.807, 2.05) is 17.4 Å². The highest BCUT2D eigenvalue weighted by molar-refractivity contribution is 7.20. The summed E-state index contributed by atoms with van der Waals surface area (Å²) < 4.78 is 1.33. The Morgan fingerprint density at radius 3 is 3.00 bits per heavy atom. The third-order valence-corrected chi connectivity index (χ3v) is 4.65. The molecule has 2 heteroatoms. The Kier molecular flexibility index (Phi) is 2.41. The van der Waals surface area contributed by atoms with Crippen molar-refractivity contribution in [1.82, 2.24) is 0 Å². The minimum absolute atomic E-state index is 1.19. The maximum atomic E-state index is 3.22. The number of hydrogen-bond acceptors (Lipinski definition) is 2. The molecule has 0 bridgehead atoms. The van der Waals surface area contributed by atoms with Crippen molar-refractivity contribution in [2.75, 3.05) is 0 Å². The first-order valence-electron chi connectivity index (χ1n) is 5.12. The summed E-state index contributed by atoms with van der Waals surface area (Å²) in [4.78, 5) is 2.71. The average Bonchev–Trinajstić information content (AvgIpc) is 2.86. The van der Waals surface area contributed by atoms with Gasteiger partial charge in [0.15, 0.2) is 0 Å². The molecule has 0 nitrogen and oxygen atoms in total. The molecule has 0 atom stereocenters. The normalized spacial score (nSPS) is 13.4. The summed E-state index contributed by atoms with van der Waals surface area (Å²) in [5, 5.41) is 3.44. The first-order valence-corrected chi connectivity index (χ1v) is 6.81. The third-order valence-electron chi connectivity index (χ3n) is 2.47. The molecule has 0 fully saturated rings. The van der Waals surface area contributed by atoms with E-state index in [-0.39, 0.29) is 0 Å². The van der Waals surface area contributed by atoms with Gasteiger partial charge in [-0.15, -0.1) is 28.4 Å². The van der Waals surface area contributed by atoms with Crippen LogP contribution in [0.3, 0.4) is 0 Å². The summed E-state index contributed by atoms with van der Waals surface area (Å²) in [5.41, 5.74) is 4.41. The van der Waals surface area contributed by atoms with Crippen molar-refractivity contribution < 1.29 is 0 Å². The lowest BCUT2D eigenvalue weighted by molar-refractivity contribution is 1.59. The van der Waals surface area contributed by atoms with Gasteiger partial charge >= 0.3 is 0 Å². The number of allylic oxidation sites excluding steroid dienone is 1. The highest BCUT2D eigenvalue weighted by Gasteiger charge is 2.02. The number of fused-ring (bicyclic) bond motifs is 1. The van der Waals surface area contributed by atoms with Crippen molar-refractivity contribution in [3.05, 3.63) is 50.7 Å².